The molecular formula is C12H11BrN2O3. The number of aromatic nitrogens is 2. The van der Waals surface area contributed by atoms with Gasteiger partial charge in [-0.3, -0.25) is 4.79 Å². The quantitative estimate of drug-likeness (QED) is 0.868. The van der Waals surface area contributed by atoms with Crippen molar-refractivity contribution in [2.24, 2.45) is 0 Å². The Bertz CT molecular complexity index is 580. The minimum Gasteiger partial charge on any atom is -0.496 e. The number of rotatable bonds is 4. The highest BCUT2D eigenvalue weighted by atomic mass is 79.9. The summed E-state index contributed by atoms with van der Waals surface area (Å²) < 4.78 is 10.9. The van der Waals surface area contributed by atoms with E-state index in [4.69, 9.17) is 9.26 Å². The zero-order valence-corrected chi connectivity index (χ0v) is 11.5. The van der Waals surface area contributed by atoms with Crippen LogP contribution in [-0.2, 0) is 11.2 Å². The highest BCUT2D eigenvalue weighted by Crippen LogP contribution is 2.29. The van der Waals surface area contributed by atoms with Crippen molar-refractivity contribution in [1.82, 2.24) is 10.1 Å². The summed E-state index contributed by atoms with van der Waals surface area (Å²) in [6.45, 7) is 1.48. The number of nitrogens with zero attached hydrogens (tertiary/aromatic N) is 2. The molecule has 0 aliphatic carbocycles. The van der Waals surface area contributed by atoms with Gasteiger partial charge in [-0.1, -0.05) is 5.16 Å². The molecule has 0 N–H and O–H groups in total. The molecule has 1 aromatic heterocycles. The molecular weight excluding hydrogens is 300 g/mol. The Labute approximate surface area is 112 Å². The molecule has 2 rings (SSSR count). The number of ketones is 1. The van der Waals surface area contributed by atoms with Crippen molar-refractivity contribution in [3.63, 3.8) is 0 Å². The van der Waals surface area contributed by atoms with Gasteiger partial charge in [0.15, 0.2) is 0 Å². The summed E-state index contributed by atoms with van der Waals surface area (Å²) in [4.78, 5) is 15.1. The van der Waals surface area contributed by atoms with Gasteiger partial charge in [-0.2, -0.15) is 4.98 Å². The van der Waals surface area contributed by atoms with Gasteiger partial charge in [-0.25, -0.2) is 0 Å². The van der Waals surface area contributed by atoms with Gasteiger partial charge in [-0.05, 0) is 41.1 Å². The highest BCUT2D eigenvalue weighted by Gasteiger charge is 2.11. The summed E-state index contributed by atoms with van der Waals surface area (Å²) in [6.07, 6.45) is 0.157. The van der Waals surface area contributed by atoms with Crippen LogP contribution in [0.25, 0.3) is 11.4 Å². The molecule has 0 unspecified atom stereocenters. The van der Waals surface area contributed by atoms with Crippen LogP contribution in [0.4, 0.5) is 0 Å². The Morgan fingerprint density at radius 1 is 1.50 bits per heavy atom. The van der Waals surface area contributed by atoms with Gasteiger partial charge in [0, 0.05) is 5.56 Å². The zero-order valence-electron chi connectivity index (χ0n) is 9.94. The van der Waals surface area contributed by atoms with E-state index in [0.29, 0.717) is 11.7 Å². The standard InChI is InChI=1S/C12H11BrN2O3/c1-7(16)5-11-14-12(15-18-11)8-3-4-10(17-2)9(13)6-8/h3-4,6H,5H2,1-2H3. The third-order valence-corrected chi connectivity index (χ3v) is 2.90. The molecule has 0 saturated heterocycles. The molecule has 0 radical (unpaired) electrons. The number of methoxy groups -OCH3 is 1. The van der Waals surface area contributed by atoms with E-state index in [-0.39, 0.29) is 12.2 Å². The fourth-order valence-electron chi connectivity index (χ4n) is 1.46. The highest BCUT2D eigenvalue weighted by molar-refractivity contribution is 9.10. The van der Waals surface area contributed by atoms with Crippen LogP contribution in [0, 0.1) is 0 Å². The summed E-state index contributed by atoms with van der Waals surface area (Å²) in [5.41, 5.74) is 0.793. The van der Waals surface area contributed by atoms with Crippen LogP contribution in [0.5, 0.6) is 5.75 Å². The maximum absolute atomic E-state index is 10.9. The molecule has 6 heteroatoms. The third-order valence-electron chi connectivity index (χ3n) is 2.28. The van der Waals surface area contributed by atoms with Gasteiger partial charge in [0.1, 0.15) is 11.5 Å². The molecule has 0 saturated carbocycles. The first-order chi connectivity index (χ1) is 8.60. The lowest BCUT2D eigenvalue weighted by Gasteiger charge is -2.03. The van der Waals surface area contributed by atoms with Gasteiger partial charge in [0.2, 0.25) is 11.7 Å². The molecule has 0 bridgehead atoms. The van der Waals surface area contributed by atoms with E-state index in [2.05, 4.69) is 26.1 Å². The van der Waals surface area contributed by atoms with Crippen LogP contribution < -0.4 is 4.74 Å². The minimum absolute atomic E-state index is 0.0129. The Balaban J connectivity index is 2.28. The van der Waals surface area contributed by atoms with E-state index < -0.39 is 0 Å². The van der Waals surface area contributed by atoms with Crippen LogP contribution >= 0.6 is 15.9 Å². The Hall–Kier alpha value is -1.69. The number of hydrogen-bond donors (Lipinski definition) is 0. The summed E-state index contributed by atoms with van der Waals surface area (Å²) in [5.74, 6) is 1.49. The average molecular weight is 311 g/mol. The van der Waals surface area contributed by atoms with Crippen molar-refractivity contribution in [3.8, 4) is 17.1 Å². The molecule has 2 aromatic rings. The smallest absolute Gasteiger partial charge is 0.234 e. The van der Waals surface area contributed by atoms with Crippen LogP contribution in [0.3, 0.4) is 0 Å². The lowest BCUT2D eigenvalue weighted by molar-refractivity contribution is -0.116. The van der Waals surface area contributed by atoms with Crippen molar-refractivity contribution < 1.29 is 14.1 Å². The van der Waals surface area contributed by atoms with Gasteiger partial charge in [0.25, 0.3) is 0 Å². The Kier molecular flexibility index (Phi) is 3.76. The zero-order chi connectivity index (χ0) is 13.1. The SMILES string of the molecule is COc1ccc(-c2noc(CC(C)=O)n2)cc1Br. The lowest BCUT2D eigenvalue weighted by atomic mass is 10.2. The summed E-state index contributed by atoms with van der Waals surface area (Å²) in [6, 6.07) is 5.47. The number of ether oxygens (including phenoxy) is 1. The van der Waals surface area contributed by atoms with E-state index in [9.17, 15) is 4.79 Å². The first-order valence-corrected chi connectivity index (χ1v) is 6.05. The lowest BCUT2D eigenvalue weighted by Crippen LogP contribution is -1.96. The molecule has 1 aromatic carbocycles. The summed E-state index contributed by atoms with van der Waals surface area (Å²) >= 11 is 3.39. The first-order valence-electron chi connectivity index (χ1n) is 5.26. The topological polar surface area (TPSA) is 65.2 Å². The van der Waals surface area contributed by atoms with Gasteiger partial charge >= 0.3 is 0 Å². The molecule has 18 heavy (non-hydrogen) atoms. The second-order valence-electron chi connectivity index (χ2n) is 3.74. The Morgan fingerprint density at radius 2 is 2.28 bits per heavy atom. The van der Waals surface area contributed by atoms with Crippen molar-refractivity contribution in [2.75, 3.05) is 7.11 Å². The van der Waals surface area contributed by atoms with Gasteiger partial charge in [-0.15, -0.1) is 0 Å². The molecule has 1 heterocycles. The van der Waals surface area contributed by atoms with E-state index in [1.807, 2.05) is 12.1 Å². The minimum atomic E-state index is -0.0129. The predicted octanol–water partition coefficient (Wildman–Crippen LogP) is 2.64. The molecule has 0 aliphatic rings. The van der Waals surface area contributed by atoms with Crippen molar-refractivity contribution >= 4 is 21.7 Å². The first kappa shape index (κ1) is 12.8. The largest absolute Gasteiger partial charge is 0.496 e. The summed E-state index contributed by atoms with van der Waals surface area (Å²) in [5, 5.41) is 3.84. The second kappa shape index (κ2) is 5.30. The maximum Gasteiger partial charge on any atom is 0.234 e. The van der Waals surface area contributed by atoms with Gasteiger partial charge in [0.05, 0.1) is 18.0 Å². The van der Waals surface area contributed by atoms with Crippen molar-refractivity contribution in [3.05, 3.63) is 28.6 Å². The van der Waals surface area contributed by atoms with Crippen LogP contribution in [0.1, 0.15) is 12.8 Å². The molecule has 0 atom stereocenters. The number of hydrogen-bond acceptors (Lipinski definition) is 5. The van der Waals surface area contributed by atoms with E-state index >= 15 is 0 Å². The van der Waals surface area contributed by atoms with Crippen LogP contribution in [0.15, 0.2) is 27.2 Å². The van der Waals surface area contributed by atoms with Crippen LogP contribution in [0.2, 0.25) is 0 Å². The number of halogens is 1. The maximum atomic E-state index is 10.9. The molecule has 0 spiro atoms. The fourth-order valence-corrected chi connectivity index (χ4v) is 2.00. The van der Waals surface area contributed by atoms with E-state index in [1.165, 1.54) is 6.92 Å². The normalized spacial score (nSPS) is 10.4. The number of carbonyl (C=O) groups is 1. The molecule has 0 amide bonds. The number of carbonyl (C=O) groups excluding carboxylic acids is 1. The molecule has 94 valence electrons. The Morgan fingerprint density at radius 3 is 2.89 bits per heavy atom. The monoisotopic (exact) mass is 310 g/mol. The van der Waals surface area contributed by atoms with Crippen molar-refractivity contribution in [2.45, 2.75) is 13.3 Å². The van der Waals surface area contributed by atoms with E-state index in [1.54, 1.807) is 13.2 Å². The molecule has 5 nitrogen and oxygen atoms in total. The van der Waals surface area contributed by atoms with E-state index in [0.717, 1.165) is 15.8 Å². The fraction of sp³-hybridized carbons (Fsp3) is 0.250. The third kappa shape index (κ3) is 2.76. The molecule has 0 fully saturated rings. The average Bonchev–Trinajstić information content (AvgIpc) is 2.76. The number of Topliss-reactive ketones (excluding diaryl/α,β-unsaturated/α-hetero) is 1. The second-order valence-corrected chi connectivity index (χ2v) is 4.59. The number of benzene rings is 1. The van der Waals surface area contributed by atoms with Gasteiger partial charge < -0.3 is 9.26 Å². The molecule has 0 aliphatic heterocycles. The van der Waals surface area contributed by atoms with Crippen LogP contribution in [-0.4, -0.2) is 23.0 Å². The predicted molar refractivity (Wildman–Crippen MR) is 68.4 cm³/mol. The summed E-state index contributed by atoms with van der Waals surface area (Å²) in [7, 11) is 1.60. The van der Waals surface area contributed by atoms with Crippen molar-refractivity contribution in [1.29, 1.82) is 0 Å².